The van der Waals surface area contributed by atoms with E-state index in [1.165, 1.54) is 7.11 Å². The number of hydrogen-bond donors (Lipinski definition) is 1. The van der Waals surface area contributed by atoms with Crippen LogP contribution in [0.5, 0.6) is 0 Å². The highest BCUT2D eigenvalue weighted by Gasteiger charge is 2.28. The summed E-state index contributed by atoms with van der Waals surface area (Å²) in [5.74, 6) is -0.673. The molecule has 0 fully saturated rings. The van der Waals surface area contributed by atoms with E-state index in [2.05, 4.69) is 10.2 Å². The molecule has 84 valence electrons. The zero-order chi connectivity index (χ0) is 11.5. The molecule has 1 aliphatic heterocycles. The topological polar surface area (TPSA) is 64.6 Å². The second-order valence-electron chi connectivity index (χ2n) is 3.41. The molecule has 5 nitrogen and oxygen atoms in total. The Hall–Kier alpha value is -1.88. The Labute approximate surface area is 92.3 Å². The molecule has 1 N–H and O–H groups in total. The summed E-state index contributed by atoms with van der Waals surface area (Å²) in [5.41, 5.74) is 3.51. The van der Waals surface area contributed by atoms with E-state index in [0.29, 0.717) is 11.1 Å². The fourth-order valence-corrected chi connectivity index (χ4v) is 1.61. The van der Waals surface area contributed by atoms with Crippen molar-refractivity contribution in [3.8, 4) is 0 Å². The average molecular weight is 221 g/mol. The van der Waals surface area contributed by atoms with Crippen molar-refractivity contribution >= 4 is 11.9 Å². The molecule has 16 heavy (non-hydrogen) atoms. The van der Waals surface area contributed by atoms with Gasteiger partial charge in [-0.2, -0.15) is 0 Å². The molecule has 1 heterocycles. The normalized spacial score (nSPS) is 18.6. The van der Waals surface area contributed by atoms with Crippen molar-refractivity contribution in [2.24, 2.45) is 0 Å². The number of ether oxygens (including phenoxy) is 1. The van der Waals surface area contributed by atoms with Gasteiger partial charge in [0.2, 0.25) is 0 Å². The zero-order valence-corrected chi connectivity index (χ0v) is 8.73. The number of benzene rings is 1. The van der Waals surface area contributed by atoms with E-state index in [1.54, 1.807) is 24.3 Å². The third kappa shape index (κ3) is 1.90. The first-order valence-corrected chi connectivity index (χ1v) is 4.84. The molecular formula is C11H11NO4. The maximum Gasteiger partial charge on any atom is 0.308 e. The molecule has 0 saturated carbocycles. The van der Waals surface area contributed by atoms with Crippen molar-refractivity contribution in [1.82, 2.24) is 5.48 Å². The monoisotopic (exact) mass is 221 g/mol. The summed E-state index contributed by atoms with van der Waals surface area (Å²) >= 11 is 0. The number of hydrogen-bond acceptors (Lipinski definition) is 4. The lowest BCUT2D eigenvalue weighted by molar-refractivity contribution is -0.145. The number of methoxy groups -OCH3 is 1. The molecular weight excluding hydrogens is 210 g/mol. The van der Waals surface area contributed by atoms with Gasteiger partial charge in [0.1, 0.15) is 6.10 Å². The third-order valence-electron chi connectivity index (χ3n) is 2.43. The van der Waals surface area contributed by atoms with E-state index in [4.69, 9.17) is 4.84 Å². The van der Waals surface area contributed by atoms with Crippen molar-refractivity contribution in [1.29, 1.82) is 0 Å². The lowest BCUT2D eigenvalue weighted by Crippen LogP contribution is -2.33. The molecule has 1 aliphatic rings. The summed E-state index contributed by atoms with van der Waals surface area (Å²) in [6, 6.07) is 7.02. The molecule has 1 aromatic rings. The van der Waals surface area contributed by atoms with Gasteiger partial charge in [0, 0.05) is 5.56 Å². The Morgan fingerprint density at radius 2 is 2.25 bits per heavy atom. The predicted molar refractivity (Wildman–Crippen MR) is 54.4 cm³/mol. The van der Waals surface area contributed by atoms with Crippen LogP contribution in [0.1, 0.15) is 28.4 Å². The van der Waals surface area contributed by atoms with Crippen LogP contribution in [0, 0.1) is 0 Å². The molecule has 1 amide bonds. The van der Waals surface area contributed by atoms with Crippen molar-refractivity contribution in [2.45, 2.75) is 12.5 Å². The van der Waals surface area contributed by atoms with Crippen molar-refractivity contribution < 1.29 is 19.2 Å². The quantitative estimate of drug-likeness (QED) is 0.755. The number of amides is 1. The zero-order valence-electron chi connectivity index (χ0n) is 8.73. The minimum atomic E-state index is -0.485. The smallest absolute Gasteiger partial charge is 0.308 e. The molecule has 2 rings (SSSR count). The molecule has 0 bridgehead atoms. The van der Waals surface area contributed by atoms with Crippen LogP contribution in [0.3, 0.4) is 0 Å². The molecule has 1 aromatic carbocycles. The SMILES string of the molecule is COC(=O)CC1ONC(=O)c2ccccc21. The van der Waals surface area contributed by atoms with E-state index in [0.717, 1.165) is 0 Å². The second kappa shape index (κ2) is 4.32. The van der Waals surface area contributed by atoms with Crippen LogP contribution in [0.25, 0.3) is 0 Å². The van der Waals surface area contributed by atoms with Crippen LogP contribution < -0.4 is 5.48 Å². The number of carbonyl (C=O) groups is 2. The highest BCUT2D eigenvalue weighted by molar-refractivity contribution is 5.96. The molecule has 1 atom stereocenters. The first-order chi connectivity index (χ1) is 7.72. The summed E-state index contributed by atoms with van der Waals surface area (Å²) in [5, 5.41) is 0. The lowest BCUT2D eigenvalue weighted by Gasteiger charge is -2.24. The van der Waals surface area contributed by atoms with Gasteiger partial charge in [-0.3, -0.25) is 14.4 Å². The van der Waals surface area contributed by atoms with E-state index >= 15 is 0 Å². The average Bonchev–Trinajstić information content (AvgIpc) is 2.33. The second-order valence-corrected chi connectivity index (χ2v) is 3.41. The molecule has 5 heteroatoms. The highest BCUT2D eigenvalue weighted by Crippen LogP contribution is 2.27. The molecule has 0 spiro atoms. The summed E-state index contributed by atoms with van der Waals surface area (Å²) in [6.07, 6.45) is -0.408. The van der Waals surface area contributed by atoms with Gasteiger partial charge < -0.3 is 4.74 Å². The number of rotatable bonds is 2. The van der Waals surface area contributed by atoms with Crippen LogP contribution in [-0.2, 0) is 14.4 Å². The van der Waals surface area contributed by atoms with E-state index in [-0.39, 0.29) is 18.3 Å². The number of fused-ring (bicyclic) bond motifs is 1. The lowest BCUT2D eigenvalue weighted by atomic mass is 9.99. The predicted octanol–water partition coefficient (Wildman–Crippen LogP) is 0.966. The Balaban J connectivity index is 2.28. The summed E-state index contributed by atoms with van der Waals surface area (Å²) in [7, 11) is 1.32. The fourth-order valence-electron chi connectivity index (χ4n) is 1.61. The summed E-state index contributed by atoms with van der Waals surface area (Å²) in [4.78, 5) is 27.7. The Kier molecular flexibility index (Phi) is 2.87. The number of carbonyl (C=O) groups excluding carboxylic acids is 2. The highest BCUT2D eigenvalue weighted by atomic mass is 16.7. The van der Waals surface area contributed by atoms with Gasteiger partial charge in [0.15, 0.2) is 0 Å². The van der Waals surface area contributed by atoms with Crippen LogP contribution in [0.4, 0.5) is 0 Å². The summed E-state index contributed by atoms with van der Waals surface area (Å²) < 4.78 is 4.56. The van der Waals surface area contributed by atoms with Gasteiger partial charge >= 0.3 is 5.97 Å². The minimum absolute atomic E-state index is 0.0772. The van der Waals surface area contributed by atoms with Gasteiger partial charge in [-0.15, -0.1) is 0 Å². The van der Waals surface area contributed by atoms with Crippen molar-refractivity contribution in [3.63, 3.8) is 0 Å². The summed E-state index contributed by atoms with van der Waals surface area (Å²) in [6.45, 7) is 0. The number of esters is 1. The van der Waals surface area contributed by atoms with Gasteiger partial charge in [-0.1, -0.05) is 18.2 Å². The Morgan fingerprint density at radius 1 is 1.50 bits per heavy atom. The molecule has 0 saturated heterocycles. The van der Waals surface area contributed by atoms with Crippen LogP contribution in [0.2, 0.25) is 0 Å². The van der Waals surface area contributed by atoms with Crippen molar-refractivity contribution in [3.05, 3.63) is 35.4 Å². The Bertz CT molecular complexity index is 430. The number of hydroxylamine groups is 1. The molecule has 0 aliphatic carbocycles. The third-order valence-corrected chi connectivity index (χ3v) is 2.43. The largest absolute Gasteiger partial charge is 0.469 e. The molecule has 1 unspecified atom stereocenters. The van der Waals surface area contributed by atoms with Gasteiger partial charge in [-0.05, 0) is 11.6 Å². The first kappa shape index (κ1) is 10.6. The van der Waals surface area contributed by atoms with Gasteiger partial charge in [-0.25, -0.2) is 5.48 Å². The number of nitrogens with one attached hydrogen (secondary N) is 1. The minimum Gasteiger partial charge on any atom is -0.469 e. The van der Waals surface area contributed by atoms with E-state index in [9.17, 15) is 9.59 Å². The van der Waals surface area contributed by atoms with Gasteiger partial charge in [0.05, 0.1) is 13.5 Å². The fraction of sp³-hybridized carbons (Fsp3) is 0.273. The van der Waals surface area contributed by atoms with Crippen LogP contribution in [-0.4, -0.2) is 19.0 Å². The van der Waals surface area contributed by atoms with Crippen molar-refractivity contribution in [2.75, 3.05) is 7.11 Å². The van der Waals surface area contributed by atoms with E-state index < -0.39 is 6.10 Å². The van der Waals surface area contributed by atoms with Gasteiger partial charge in [0.25, 0.3) is 5.91 Å². The van der Waals surface area contributed by atoms with Crippen LogP contribution in [0.15, 0.2) is 24.3 Å². The van der Waals surface area contributed by atoms with E-state index in [1.807, 2.05) is 0 Å². The maximum atomic E-state index is 11.4. The Morgan fingerprint density at radius 3 is 3.00 bits per heavy atom. The molecule has 0 aromatic heterocycles. The molecule has 0 radical (unpaired) electrons. The standard InChI is InChI=1S/C11H11NO4/c1-15-10(13)6-9-7-4-2-3-5-8(7)11(14)12-16-9/h2-5,9H,6H2,1H3,(H,12,14). The maximum absolute atomic E-state index is 11.4. The first-order valence-electron chi connectivity index (χ1n) is 4.84. The van der Waals surface area contributed by atoms with Crippen LogP contribution >= 0.6 is 0 Å².